The fourth-order valence-corrected chi connectivity index (χ4v) is 2.12. The van der Waals surface area contributed by atoms with Crippen LogP contribution in [0.1, 0.15) is 11.1 Å². The second kappa shape index (κ2) is 5.83. The highest BCUT2D eigenvalue weighted by atomic mass is 79.9. The van der Waals surface area contributed by atoms with Crippen LogP contribution in [0.4, 0.5) is 23.2 Å². The minimum Gasteiger partial charge on any atom is -0.381 e. The maximum atomic E-state index is 13.2. The highest BCUT2D eigenvalue weighted by molar-refractivity contribution is 9.10. The standard InChI is InChI=1S/C14H10BrF4N/c15-11-2-1-3-13(7-11)20-8-9-4-10(14(17,18)19)6-12(16)5-9/h1-7,20H,8H2. The van der Waals surface area contributed by atoms with Gasteiger partial charge in [0.2, 0.25) is 0 Å². The van der Waals surface area contributed by atoms with Gasteiger partial charge in [-0.05, 0) is 42.0 Å². The normalized spacial score (nSPS) is 11.4. The monoisotopic (exact) mass is 347 g/mol. The Morgan fingerprint density at radius 1 is 1.05 bits per heavy atom. The van der Waals surface area contributed by atoms with Gasteiger partial charge in [-0.2, -0.15) is 13.2 Å². The van der Waals surface area contributed by atoms with Crippen molar-refractivity contribution in [3.8, 4) is 0 Å². The van der Waals surface area contributed by atoms with Crippen LogP contribution < -0.4 is 5.32 Å². The number of rotatable bonds is 3. The Morgan fingerprint density at radius 3 is 2.45 bits per heavy atom. The molecule has 0 amide bonds. The van der Waals surface area contributed by atoms with Crippen molar-refractivity contribution in [2.24, 2.45) is 0 Å². The van der Waals surface area contributed by atoms with E-state index in [-0.39, 0.29) is 12.1 Å². The third kappa shape index (κ3) is 3.96. The molecule has 0 bridgehead atoms. The smallest absolute Gasteiger partial charge is 0.381 e. The molecule has 0 heterocycles. The average molecular weight is 348 g/mol. The molecular formula is C14H10BrF4N. The Morgan fingerprint density at radius 2 is 1.80 bits per heavy atom. The van der Waals surface area contributed by atoms with Crippen molar-refractivity contribution in [2.45, 2.75) is 12.7 Å². The zero-order valence-corrected chi connectivity index (χ0v) is 11.7. The lowest BCUT2D eigenvalue weighted by Gasteiger charge is -2.11. The molecule has 0 fully saturated rings. The minimum absolute atomic E-state index is 0.108. The molecule has 0 radical (unpaired) electrons. The van der Waals surface area contributed by atoms with Crippen LogP contribution in [0.2, 0.25) is 0 Å². The number of hydrogen-bond acceptors (Lipinski definition) is 1. The molecule has 0 saturated heterocycles. The molecule has 2 aromatic rings. The van der Waals surface area contributed by atoms with E-state index >= 15 is 0 Å². The highest BCUT2D eigenvalue weighted by Crippen LogP contribution is 2.30. The molecule has 0 atom stereocenters. The van der Waals surface area contributed by atoms with Crippen LogP contribution >= 0.6 is 15.9 Å². The molecule has 0 aromatic heterocycles. The molecule has 0 unspecified atom stereocenters. The van der Waals surface area contributed by atoms with Gasteiger partial charge in [0.25, 0.3) is 0 Å². The van der Waals surface area contributed by atoms with Crippen molar-refractivity contribution in [3.05, 3.63) is 63.9 Å². The van der Waals surface area contributed by atoms with Crippen LogP contribution in [0.3, 0.4) is 0 Å². The lowest BCUT2D eigenvalue weighted by Crippen LogP contribution is -2.08. The lowest BCUT2D eigenvalue weighted by molar-refractivity contribution is -0.137. The molecule has 0 aliphatic rings. The summed E-state index contributed by atoms with van der Waals surface area (Å²) in [7, 11) is 0. The van der Waals surface area contributed by atoms with Gasteiger partial charge in [0.15, 0.2) is 0 Å². The van der Waals surface area contributed by atoms with E-state index in [2.05, 4.69) is 21.2 Å². The summed E-state index contributed by atoms with van der Waals surface area (Å²) >= 11 is 3.29. The zero-order chi connectivity index (χ0) is 14.8. The van der Waals surface area contributed by atoms with Crippen molar-refractivity contribution in [1.82, 2.24) is 0 Å². The second-order valence-electron chi connectivity index (χ2n) is 4.21. The summed E-state index contributed by atoms with van der Waals surface area (Å²) in [5, 5.41) is 2.94. The van der Waals surface area contributed by atoms with E-state index in [0.29, 0.717) is 6.07 Å². The fourth-order valence-electron chi connectivity index (χ4n) is 1.72. The largest absolute Gasteiger partial charge is 0.416 e. The molecule has 6 heteroatoms. The van der Waals surface area contributed by atoms with Crippen LogP contribution in [-0.2, 0) is 12.7 Å². The minimum atomic E-state index is -4.55. The van der Waals surface area contributed by atoms with E-state index in [4.69, 9.17) is 0 Å². The SMILES string of the molecule is Fc1cc(CNc2cccc(Br)c2)cc(C(F)(F)F)c1. The van der Waals surface area contributed by atoms with Gasteiger partial charge in [0, 0.05) is 16.7 Å². The molecule has 0 aliphatic heterocycles. The quantitative estimate of drug-likeness (QED) is 0.750. The average Bonchev–Trinajstić information content (AvgIpc) is 2.35. The fraction of sp³-hybridized carbons (Fsp3) is 0.143. The van der Waals surface area contributed by atoms with Gasteiger partial charge < -0.3 is 5.32 Å². The molecule has 2 aromatic carbocycles. The molecule has 0 saturated carbocycles. The topological polar surface area (TPSA) is 12.0 Å². The van der Waals surface area contributed by atoms with Gasteiger partial charge in [-0.25, -0.2) is 4.39 Å². The van der Waals surface area contributed by atoms with Gasteiger partial charge in [-0.3, -0.25) is 0 Å². The van der Waals surface area contributed by atoms with Gasteiger partial charge in [0.1, 0.15) is 5.82 Å². The number of benzene rings is 2. The number of anilines is 1. The summed E-state index contributed by atoms with van der Waals surface area (Å²) in [5.41, 5.74) is -0.0157. The number of halogens is 5. The Balaban J connectivity index is 2.16. The first-order valence-corrected chi connectivity index (χ1v) is 6.50. The third-order valence-electron chi connectivity index (χ3n) is 2.61. The number of hydrogen-bond donors (Lipinski definition) is 1. The Bertz CT molecular complexity index is 610. The van der Waals surface area contributed by atoms with Gasteiger partial charge >= 0.3 is 6.18 Å². The first kappa shape index (κ1) is 14.8. The van der Waals surface area contributed by atoms with Crippen molar-refractivity contribution < 1.29 is 17.6 Å². The first-order valence-electron chi connectivity index (χ1n) is 5.71. The molecule has 1 nitrogen and oxygen atoms in total. The molecule has 20 heavy (non-hydrogen) atoms. The van der Waals surface area contributed by atoms with Crippen molar-refractivity contribution in [2.75, 3.05) is 5.32 Å². The number of alkyl halides is 3. The summed E-state index contributed by atoms with van der Waals surface area (Å²) in [6.45, 7) is 0.108. The van der Waals surface area contributed by atoms with Gasteiger partial charge in [-0.1, -0.05) is 22.0 Å². The van der Waals surface area contributed by atoms with E-state index in [9.17, 15) is 17.6 Å². The Kier molecular flexibility index (Phi) is 4.32. The number of nitrogens with one attached hydrogen (secondary N) is 1. The molecule has 106 valence electrons. The predicted molar refractivity (Wildman–Crippen MR) is 72.9 cm³/mol. The highest BCUT2D eigenvalue weighted by Gasteiger charge is 2.31. The lowest BCUT2D eigenvalue weighted by atomic mass is 10.1. The molecule has 1 N–H and O–H groups in total. The maximum absolute atomic E-state index is 13.2. The van der Waals surface area contributed by atoms with Crippen LogP contribution in [0.15, 0.2) is 46.9 Å². The van der Waals surface area contributed by atoms with Crippen LogP contribution in [-0.4, -0.2) is 0 Å². The van der Waals surface area contributed by atoms with E-state index < -0.39 is 17.6 Å². The summed E-state index contributed by atoms with van der Waals surface area (Å²) in [6, 6.07) is 9.68. The van der Waals surface area contributed by atoms with Gasteiger partial charge in [0.05, 0.1) is 5.56 Å². The summed E-state index contributed by atoms with van der Waals surface area (Å²) < 4.78 is 51.8. The molecule has 0 aliphatic carbocycles. The molecule has 0 spiro atoms. The Hall–Kier alpha value is -1.56. The van der Waals surface area contributed by atoms with Crippen molar-refractivity contribution in [3.63, 3.8) is 0 Å². The first-order chi connectivity index (χ1) is 9.34. The van der Waals surface area contributed by atoms with Crippen molar-refractivity contribution >= 4 is 21.6 Å². The molecule has 2 rings (SSSR count). The van der Waals surface area contributed by atoms with E-state index in [0.717, 1.165) is 22.3 Å². The second-order valence-corrected chi connectivity index (χ2v) is 5.13. The predicted octanol–water partition coefficient (Wildman–Crippen LogP) is 5.22. The third-order valence-corrected chi connectivity index (χ3v) is 3.10. The Labute approximate surface area is 121 Å². The summed E-state index contributed by atoms with van der Waals surface area (Å²) in [5.74, 6) is -0.897. The summed E-state index contributed by atoms with van der Waals surface area (Å²) in [4.78, 5) is 0. The van der Waals surface area contributed by atoms with E-state index in [1.54, 1.807) is 18.2 Å². The van der Waals surface area contributed by atoms with Crippen LogP contribution in [0.5, 0.6) is 0 Å². The van der Waals surface area contributed by atoms with Crippen molar-refractivity contribution in [1.29, 1.82) is 0 Å². The zero-order valence-electron chi connectivity index (χ0n) is 10.1. The van der Waals surface area contributed by atoms with E-state index in [1.807, 2.05) is 6.07 Å². The molecular weight excluding hydrogens is 338 g/mol. The van der Waals surface area contributed by atoms with E-state index in [1.165, 1.54) is 0 Å². The summed E-state index contributed by atoms with van der Waals surface area (Å²) in [6.07, 6.45) is -4.55. The van der Waals surface area contributed by atoms with Gasteiger partial charge in [-0.15, -0.1) is 0 Å². The van der Waals surface area contributed by atoms with Crippen LogP contribution in [0.25, 0.3) is 0 Å². The maximum Gasteiger partial charge on any atom is 0.416 e. The van der Waals surface area contributed by atoms with Crippen LogP contribution in [0, 0.1) is 5.82 Å².